The molecule has 1 aliphatic heterocycles. The van der Waals surface area contributed by atoms with Crippen LogP contribution in [0.2, 0.25) is 0 Å². The molecule has 0 saturated heterocycles. The van der Waals surface area contributed by atoms with Crippen LogP contribution >= 0.6 is 0 Å². The van der Waals surface area contributed by atoms with Gasteiger partial charge < -0.3 is 20.5 Å². The summed E-state index contributed by atoms with van der Waals surface area (Å²) >= 11 is 0. The van der Waals surface area contributed by atoms with E-state index in [1.165, 1.54) is 11.1 Å². The fraction of sp³-hybridized carbons (Fsp3) is 0.417. The summed E-state index contributed by atoms with van der Waals surface area (Å²) < 4.78 is 11.2. The third-order valence-electron chi connectivity index (χ3n) is 6.15. The molecular formula is C24H28N2O4. The van der Waals surface area contributed by atoms with E-state index in [9.17, 15) is 9.59 Å². The smallest absolute Gasteiger partial charge is 0.255 e. The number of benzene rings is 2. The van der Waals surface area contributed by atoms with E-state index in [1.807, 2.05) is 18.2 Å². The Labute approximate surface area is 176 Å². The van der Waals surface area contributed by atoms with Crippen LogP contribution in [0.1, 0.15) is 49.3 Å². The number of carbonyl (C=O) groups excluding carboxylic acids is 2. The summed E-state index contributed by atoms with van der Waals surface area (Å²) in [7, 11) is 0. The van der Waals surface area contributed by atoms with Gasteiger partial charge in [-0.25, -0.2) is 0 Å². The first kappa shape index (κ1) is 20.3. The van der Waals surface area contributed by atoms with Crippen LogP contribution in [-0.4, -0.2) is 25.0 Å². The highest BCUT2D eigenvalue weighted by Crippen LogP contribution is 2.61. The van der Waals surface area contributed by atoms with Crippen molar-refractivity contribution in [2.45, 2.75) is 44.6 Å². The SMILES string of the molecule is CC(C)c1ccc2c(c1)[C@]1(CCO2)C[C@H]1C(=O)NCc1cccc(OCC(N)=O)c1. The number of fused-ring (bicyclic) bond motifs is 2. The summed E-state index contributed by atoms with van der Waals surface area (Å²) in [5.74, 6) is 1.43. The maximum atomic E-state index is 12.9. The predicted molar refractivity (Wildman–Crippen MR) is 113 cm³/mol. The lowest BCUT2D eigenvalue weighted by Gasteiger charge is -2.28. The quantitative estimate of drug-likeness (QED) is 0.737. The minimum atomic E-state index is -0.523. The molecule has 0 aromatic heterocycles. The number of hydrogen-bond acceptors (Lipinski definition) is 4. The van der Waals surface area contributed by atoms with Crippen LogP contribution in [0.4, 0.5) is 0 Å². The van der Waals surface area contributed by atoms with E-state index < -0.39 is 5.91 Å². The van der Waals surface area contributed by atoms with Gasteiger partial charge in [0.05, 0.1) is 6.61 Å². The topological polar surface area (TPSA) is 90.7 Å². The van der Waals surface area contributed by atoms with Gasteiger partial charge in [-0.1, -0.05) is 38.1 Å². The van der Waals surface area contributed by atoms with Gasteiger partial charge in [-0.15, -0.1) is 0 Å². The van der Waals surface area contributed by atoms with Gasteiger partial charge in [-0.2, -0.15) is 0 Å². The molecule has 1 saturated carbocycles. The van der Waals surface area contributed by atoms with Gasteiger partial charge >= 0.3 is 0 Å². The van der Waals surface area contributed by atoms with Crippen molar-refractivity contribution in [3.63, 3.8) is 0 Å². The largest absolute Gasteiger partial charge is 0.493 e. The number of carbonyl (C=O) groups is 2. The summed E-state index contributed by atoms with van der Waals surface area (Å²) in [6.07, 6.45) is 1.73. The molecule has 30 heavy (non-hydrogen) atoms. The third kappa shape index (κ3) is 3.99. The molecule has 2 aromatic carbocycles. The summed E-state index contributed by atoms with van der Waals surface area (Å²) in [5, 5.41) is 3.07. The second-order valence-corrected chi connectivity index (χ2v) is 8.54. The maximum Gasteiger partial charge on any atom is 0.255 e. The molecule has 1 spiro atoms. The summed E-state index contributed by atoms with van der Waals surface area (Å²) in [4.78, 5) is 23.8. The number of primary amides is 1. The molecule has 2 aromatic rings. The molecule has 158 valence electrons. The average molecular weight is 408 g/mol. The molecule has 4 rings (SSSR count). The van der Waals surface area contributed by atoms with E-state index in [0.717, 1.165) is 24.2 Å². The Morgan fingerprint density at radius 1 is 1.27 bits per heavy atom. The van der Waals surface area contributed by atoms with Crippen molar-refractivity contribution in [2.75, 3.05) is 13.2 Å². The van der Waals surface area contributed by atoms with E-state index in [0.29, 0.717) is 24.8 Å². The second kappa shape index (κ2) is 8.01. The van der Waals surface area contributed by atoms with Crippen molar-refractivity contribution >= 4 is 11.8 Å². The van der Waals surface area contributed by atoms with Crippen molar-refractivity contribution in [3.05, 3.63) is 59.2 Å². The lowest BCUT2D eigenvalue weighted by molar-refractivity contribution is -0.123. The minimum Gasteiger partial charge on any atom is -0.493 e. The second-order valence-electron chi connectivity index (χ2n) is 8.54. The van der Waals surface area contributed by atoms with Crippen LogP contribution in [0.25, 0.3) is 0 Å². The van der Waals surface area contributed by atoms with Crippen LogP contribution in [0.3, 0.4) is 0 Å². The molecule has 1 heterocycles. The Hall–Kier alpha value is -3.02. The Morgan fingerprint density at radius 3 is 2.87 bits per heavy atom. The third-order valence-corrected chi connectivity index (χ3v) is 6.15. The normalized spacial score (nSPS) is 21.6. The molecule has 3 N–H and O–H groups in total. The van der Waals surface area contributed by atoms with Gasteiger partial charge in [0.2, 0.25) is 5.91 Å². The molecule has 6 heteroatoms. The van der Waals surface area contributed by atoms with E-state index in [4.69, 9.17) is 15.2 Å². The summed E-state index contributed by atoms with van der Waals surface area (Å²) in [6.45, 7) is 5.25. The van der Waals surface area contributed by atoms with E-state index in [2.05, 4.69) is 37.4 Å². The fourth-order valence-electron chi connectivity index (χ4n) is 4.33. The molecule has 0 bridgehead atoms. The highest BCUT2D eigenvalue weighted by molar-refractivity contribution is 5.85. The Kier molecular flexibility index (Phi) is 5.41. The van der Waals surface area contributed by atoms with Crippen molar-refractivity contribution in [3.8, 4) is 11.5 Å². The predicted octanol–water partition coefficient (Wildman–Crippen LogP) is 3.03. The van der Waals surface area contributed by atoms with Crippen molar-refractivity contribution < 1.29 is 19.1 Å². The standard InChI is InChI=1S/C24H28N2O4/c1-15(2)17-6-7-21-19(11-17)24(8-9-29-21)12-20(24)23(28)26-13-16-4-3-5-18(10-16)30-14-22(25)27/h3-7,10-11,15,20H,8-9,12-14H2,1-2H3,(H2,25,27)(H,26,28)/t20-,24-/m0/s1. The van der Waals surface area contributed by atoms with Crippen LogP contribution in [0.5, 0.6) is 11.5 Å². The Balaban J connectivity index is 1.42. The molecule has 2 atom stereocenters. The molecule has 2 amide bonds. The van der Waals surface area contributed by atoms with Crippen molar-refractivity contribution in [2.24, 2.45) is 11.7 Å². The number of nitrogens with two attached hydrogens (primary N) is 1. The Morgan fingerprint density at radius 2 is 2.10 bits per heavy atom. The average Bonchev–Trinajstić information content (AvgIpc) is 3.45. The number of amides is 2. The molecular weight excluding hydrogens is 380 g/mol. The zero-order chi connectivity index (χ0) is 21.3. The molecule has 0 radical (unpaired) electrons. The van der Waals surface area contributed by atoms with E-state index in [1.54, 1.807) is 6.07 Å². The van der Waals surface area contributed by atoms with E-state index >= 15 is 0 Å². The number of hydrogen-bond donors (Lipinski definition) is 2. The van der Waals surface area contributed by atoms with Gasteiger partial charge in [0, 0.05) is 23.4 Å². The Bertz CT molecular complexity index is 971. The molecule has 6 nitrogen and oxygen atoms in total. The fourth-order valence-corrected chi connectivity index (χ4v) is 4.33. The van der Waals surface area contributed by atoms with Crippen molar-refractivity contribution in [1.29, 1.82) is 0 Å². The first-order valence-electron chi connectivity index (χ1n) is 10.4. The number of rotatable bonds is 7. The maximum absolute atomic E-state index is 12.9. The van der Waals surface area contributed by atoms with Gasteiger partial charge in [0.1, 0.15) is 11.5 Å². The lowest BCUT2D eigenvalue weighted by atomic mass is 9.85. The first-order chi connectivity index (χ1) is 14.4. The van der Waals surface area contributed by atoms with Gasteiger partial charge in [0.15, 0.2) is 6.61 Å². The highest BCUT2D eigenvalue weighted by atomic mass is 16.5. The van der Waals surface area contributed by atoms with Gasteiger partial charge in [-0.05, 0) is 48.1 Å². The van der Waals surface area contributed by atoms with Crippen LogP contribution < -0.4 is 20.5 Å². The molecule has 0 unspecified atom stereocenters. The summed E-state index contributed by atoms with van der Waals surface area (Å²) in [6, 6.07) is 13.7. The molecule has 1 fully saturated rings. The summed E-state index contributed by atoms with van der Waals surface area (Å²) in [5.41, 5.74) is 8.38. The first-order valence-corrected chi connectivity index (χ1v) is 10.4. The van der Waals surface area contributed by atoms with Crippen molar-refractivity contribution in [1.82, 2.24) is 5.32 Å². The monoisotopic (exact) mass is 408 g/mol. The zero-order valence-corrected chi connectivity index (χ0v) is 17.4. The molecule has 1 aliphatic carbocycles. The van der Waals surface area contributed by atoms with E-state index in [-0.39, 0.29) is 23.8 Å². The lowest BCUT2D eigenvalue weighted by Crippen LogP contribution is -2.30. The number of ether oxygens (including phenoxy) is 2. The van der Waals surface area contributed by atoms with Gasteiger partial charge in [-0.3, -0.25) is 9.59 Å². The minimum absolute atomic E-state index is 0.0307. The zero-order valence-electron chi connectivity index (χ0n) is 17.4. The molecule has 2 aliphatic rings. The van der Waals surface area contributed by atoms with Crippen LogP contribution in [-0.2, 0) is 21.5 Å². The highest BCUT2D eigenvalue weighted by Gasteiger charge is 2.61. The van der Waals surface area contributed by atoms with Crippen LogP contribution in [0.15, 0.2) is 42.5 Å². The number of nitrogens with one attached hydrogen (secondary N) is 1. The van der Waals surface area contributed by atoms with Gasteiger partial charge in [0.25, 0.3) is 5.91 Å². The van der Waals surface area contributed by atoms with Crippen LogP contribution in [0, 0.1) is 5.92 Å².